The van der Waals surface area contributed by atoms with Crippen molar-refractivity contribution in [1.29, 1.82) is 0 Å². The highest BCUT2D eigenvalue weighted by Crippen LogP contribution is 2.30. The Morgan fingerprint density at radius 1 is 1.18 bits per heavy atom. The standard InChI is InChI=1S/C20H25Cl2NO4S/c21-17-11-12-19(18(22)13-17)28(26,27)23-14-16-9-5-1-3-7-15(16)8-4-2-6-10-20(24)25/h4,6,8,10-13,15-16,23H,1-3,5,7,9,14H2,(H,24,25)/b8-4-,10-6+/t15-,16-/m1/s1. The third-order valence-electron chi connectivity index (χ3n) is 4.85. The number of benzene rings is 1. The molecule has 1 aromatic rings. The van der Waals surface area contributed by atoms with Crippen LogP contribution in [-0.4, -0.2) is 26.0 Å². The average Bonchev–Trinajstić information content (AvgIpc) is 2.84. The van der Waals surface area contributed by atoms with Crippen LogP contribution >= 0.6 is 23.2 Å². The van der Waals surface area contributed by atoms with Gasteiger partial charge in [-0.1, -0.05) is 60.7 Å². The van der Waals surface area contributed by atoms with Crippen molar-refractivity contribution in [3.8, 4) is 0 Å². The van der Waals surface area contributed by atoms with Gasteiger partial charge in [0.25, 0.3) is 0 Å². The van der Waals surface area contributed by atoms with Gasteiger partial charge in [-0.15, -0.1) is 0 Å². The summed E-state index contributed by atoms with van der Waals surface area (Å²) in [4.78, 5) is 10.5. The maximum Gasteiger partial charge on any atom is 0.327 e. The molecule has 0 amide bonds. The Kier molecular flexibility index (Phi) is 9.02. The Balaban J connectivity index is 2.03. The number of carboxylic acid groups (broad SMARTS) is 1. The molecule has 0 radical (unpaired) electrons. The van der Waals surface area contributed by atoms with E-state index in [1.807, 2.05) is 6.08 Å². The van der Waals surface area contributed by atoms with Crippen LogP contribution in [0.5, 0.6) is 0 Å². The summed E-state index contributed by atoms with van der Waals surface area (Å²) in [6.45, 7) is 0.335. The van der Waals surface area contributed by atoms with E-state index in [1.165, 1.54) is 18.2 Å². The minimum atomic E-state index is -3.72. The molecule has 1 fully saturated rings. The van der Waals surface area contributed by atoms with E-state index in [0.717, 1.165) is 38.2 Å². The fourth-order valence-electron chi connectivity index (χ4n) is 3.41. The molecule has 1 aliphatic carbocycles. The Bertz CT molecular complexity index is 837. The molecule has 1 aromatic carbocycles. The molecular weight excluding hydrogens is 421 g/mol. The first-order chi connectivity index (χ1) is 13.3. The van der Waals surface area contributed by atoms with Gasteiger partial charge in [0.2, 0.25) is 10.0 Å². The van der Waals surface area contributed by atoms with Crippen LogP contribution < -0.4 is 4.72 Å². The van der Waals surface area contributed by atoms with E-state index in [4.69, 9.17) is 28.3 Å². The van der Waals surface area contributed by atoms with Crippen LogP contribution in [0.3, 0.4) is 0 Å². The van der Waals surface area contributed by atoms with Gasteiger partial charge in [0.05, 0.1) is 5.02 Å². The Morgan fingerprint density at radius 3 is 2.64 bits per heavy atom. The van der Waals surface area contributed by atoms with E-state index in [-0.39, 0.29) is 21.8 Å². The summed E-state index contributed by atoms with van der Waals surface area (Å²) < 4.78 is 28.0. The van der Waals surface area contributed by atoms with Crippen molar-refractivity contribution in [3.05, 3.63) is 52.5 Å². The number of allylic oxidation sites excluding steroid dienone is 3. The fourth-order valence-corrected chi connectivity index (χ4v) is 5.27. The van der Waals surface area contributed by atoms with Gasteiger partial charge in [-0.3, -0.25) is 0 Å². The van der Waals surface area contributed by atoms with E-state index >= 15 is 0 Å². The number of aliphatic carboxylic acids is 1. The molecule has 28 heavy (non-hydrogen) atoms. The molecule has 0 bridgehead atoms. The second kappa shape index (κ2) is 11.0. The molecule has 154 valence electrons. The van der Waals surface area contributed by atoms with Crippen LogP contribution in [0.2, 0.25) is 10.0 Å². The van der Waals surface area contributed by atoms with Crippen molar-refractivity contribution in [2.45, 2.75) is 43.4 Å². The molecule has 0 unspecified atom stereocenters. The van der Waals surface area contributed by atoms with E-state index < -0.39 is 16.0 Å². The highest BCUT2D eigenvalue weighted by atomic mass is 35.5. The fraction of sp³-hybridized carbons (Fsp3) is 0.450. The molecule has 0 aromatic heterocycles. The Morgan fingerprint density at radius 2 is 1.93 bits per heavy atom. The van der Waals surface area contributed by atoms with Crippen LogP contribution in [0.4, 0.5) is 0 Å². The predicted octanol–water partition coefficient (Wildman–Crippen LogP) is 5.06. The van der Waals surface area contributed by atoms with Crippen LogP contribution in [0.25, 0.3) is 0 Å². The molecule has 0 aliphatic heterocycles. The lowest BCUT2D eigenvalue weighted by Gasteiger charge is -2.23. The molecule has 2 rings (SSSR count). The molecule has 1 saturated carbocycles. The first kappa shape index (κ1) is 22.9. The van der Waals surface area contributed by atoms with Crippen LogP contribution in [0.15, 0.2) is 47.4 Å². The van der Waals surface area contributed by atoms with Crippen molar-refractivity contribution in [1.82, 2.24) is 4.72 Å². The SMILES string of the molecule is O=C(O)/C=C/C/C=C\[C@H]1CCCCC[C@@H]1CNS(=O)(=O)c1ccc(Cl)cc1Cl. The van der Waals surface area contributed by atoms with Gasteiger partial charge in [0.1, 0.15) is 4.90 Å². The van der Waals surface area contributed by atoms with Crippen LogP contribution in [0.1, 0.15) is 38.5 Å². The summed E-state index contributed by atoms with van der Waals surface area (Å²) in [6.07, 6.45) is 12.5. The first-order valence-electron chi connectivity index (χ1n) is 9.30. The van der Waals surface area contributed by atoms with Gasteiger partial charge in [-0.05, 0) is 49.3 Å². The smallest absolute Gasteiger partial charge is 0.327 e. The van der Waals surface area contributed by atoms with Crippen molar-refractivity contribution < 1.29 is 18.3 Å². The zero-order valence-electron chi connectivity index (χ0n) is 15.5. The number of halogens is 2. The number of hydrogen-bond donors (Lipinski definition) is 2. The summed E-state index contributed by atoms with van der Waals surface area (Å²) in [7, 11) is -3.72. The minimum absolute atomic E-state index is 0.0260. The normalized spacial score (nSPS) is 21.2. The van der Waals surface area contributed by atoms with Gasteiger partial charge in [-0.25, -0.2) is 17.9 Å². The molecule has 2 N–H and O–H groups in total. The maximum atomic E-state index is 12.6. The number of rotatable bonds is 8. The van der Waals surface area contributed by atoms with Crippen molar-refractivity contribution >= 4 is 39.2 Å². The lowest BCUT2D eigenvalue weighted by atomic mass is 9.87. The van der Waals surface area contributed by atoms with Crippen LogP contribution in [0, 0.1) is 11.8 Å². The number of sulfonamides is 1. The molecule has 0 spiro atoms. The summed E-state index contributed by atoms with van der Waals surface area (Å²) in [5.74, 6) is -0.525. The van der Waals surface area contributed by atoms with Gasteiger partial charge in [0, 0.05) is 17.6 Å². The quantitative estimate of drug-likeness (QED) is 0.332. The number of hydrogen-bond acceptors (Lipinski definition) is 3. The summed E-state index contributed by atoms with van der Waals surface area (Å²) in [5.41, 5.74) is 0. The summed E-state index contributed by atoms with van der Waals surface area (Å²) >= 11 is 11.9. The zero-order chi connectivity index (χ0) is 20.6. The van der Waals surface area contributed by atoms with Crippen molar-refractivity contribution in [2.24, 2.45) is 11.8 Å². The largest absolute Gasteiger partial charge is 0.478 e. The second-order valence-corrected chi connectivity index (χ2v) is 9.47. The number of carbonyl (C=O) groups is 1. The summed E-state index contributed by atoms with van der Waals surface area (Å²) in [6, 6.07) is 4.33. The minimum Gasteiger partial charge on any atom is -0.478 e. The van der Waals surface area contributed by atoms with Gasteiger partial charge < -0.3 is 5.11 Å². The second-order valence-electron chi connectivity index (χ2n) is 6.89. The zero-order valence-corrected chi connectivity index (χ0v) is 17.8. The average molecular weight is 446 g/mol. The number of carboxylic acids is 1. The van der Waals surface area contributed by atoms with E-state index in [1.54, 1.807) is 6.08 Å². The third kappa shape index (κ3) is 7.24. The highest BCUT2D eigenvalue weighted by molar-refractivity contribution is 7.89. The van der Waals surface area contributed by atoms with Crippen LogP contribution in [-0.2, 0) is 14.8 Å². The highest BCUT2D eigenvalue weighted by Gasteiger charge is 2.25. The van der Waals surface area contributed by atoms with E-state index in [9.17, 15) is 13.2 Å². The Labute approximate surface area is 176 Å². The topological polar surface area (TPSA) is 83.5 Å². The monoisotopic (exact) mass is 445 g/mol. The van der Waals surface area contributed by atoms with Crippen molar-refractivity contribution in [3.63, 3.8) is 0 Å². The Hall–Kier alpha value is -1.34. The molecule has 0 saturated heterocycles. The number of nitrogens with one attached hydrogen (secondary N) is 1. The first-order valence-corrected chi connectivity index (χ1v) is 11.5. The summed E-state index contributed by atoms with van der Waals surface area (Å²) in [5, 5.41) is 9.11. The van der Waals surface area contributed by atoms with Gasteiger partial charge >= 0.3 is 5.97 Å². The molecule has 0 heterocycles. The predicted molar refractivity (Wildman–Crippen MR) is 112 cm³/mol. The molecule has 2 atom stereocenters. The molecule has 5 nitrogen and oxygen atoms in total. The van der Waals surface area contributed by atoms with E-state index in [0.29, 0.717) is 18.0 Å². The van der Waals surface area contributed by atoms with Gasteiger partial charge in [0.15, 0.2) is 0 Å². The maximum absolute atomic E-state index is 12.6. The third-order valence-corrected chi connectivity index (χ3v) is 6.99. The molecular formula is C20H25Cl2NO4S. The van der Waals surface area contributed by atoms with Crippen molar-refractivity contribution in [2.75, 3.05) is 6.54 Å². The van der Waals surface area contributed by atoms with E-state index in [2.05, 4.69) is 10.8 Å². The van der Waals surface area contributed by atoms with Gasteiger partial charge in [-0.2, -0.15) is 0 Å². The molecule has 1 aliphatic rings. The lowest BCUT2D eigenvalue weighted by molar-refractivity contribution is -0.131. The lowest BCUT2D eigenvalue weighted by Crippen LogP contribution is -2.32. The molecule has 8 heteroatoms.